The summed E-state index contributed by atoms with van der Waals surface area (Å²) in [6, 6.07) is 13.3. The first-order chi connectivity index (χ1) is 32.1. The van der Waals surface area contributed by atoms with Crippen molar-refractivity contribution in [1.82, 2.24) is 0 Å². The maximum Gasteiger partial charge on any atom is 1.00 e. The Balaban J connectivity index is 0.000000558. The van der Waals surface area contributed by atoms with Crippen molar-refractivity contribution in [2.75, 3.05) is 52.9 Å². The van der Waals surface area contributed by atoms with Crippen molar-refractivity contribution in [2.24, 2.45) is 35.5 Å². The van der Waals surface area contributed by atoms with Crippen LogP contribution in [0.3, 0.4) is 0 Å². The average molecular weight is 1050 g/mol. The molecule has 1 N–H and O–H groups in total. The number of aryl methyl sites for hydroxylation is 2. The van der Waals surface area contributed by atoms with Gasteiger partial charge in [0.1, 0.15) is 5.60 Å². The molecule has 71 heavy (non-hydrogen) atoms. The van der Waals surface area contributed by atoms with Crippen molar-refractivity contribution in [3.63, 3.8) is 0 Å². The molecule has 2 aromatic carbocycles. The van der Waals surface area contributed by atoms with Gasteiger partial charge < -0.3 is 30.2 Å². The van der Waals surface area contributed by atoms with E-state index in [-0.39, 0.29) is 109 Å². The summed E-state index contributed by atoms with van der Waals surface area (Å²) >= 11 is 0. The Morgan fingerprint density at radius 1 is 0.690 bits per heavy atom. The van der Waals surface area contributed by atoms with Crippen LogP contribution >= 0.6 is 0 Å². The fraction of sp³-hybridized carbons (Fsp3) is 0.764. The van der Waals surface area contributed by atoms with E-state index in [4.69, 9.17) is 37.2 Å². The summed E-state index contributed by atoms with van der Waals surface area (Å²) in [5.41, 5.74) is 1.29. The maximum absolute atomic E-state index is 12.6. The van der Waals surface area contributed by atoms with Crippen LogP contribution in [-0.4, -0.2) is 103 Å². The molecule has 4 aliphatic heterocycles. The standard InChI is InChI=1S/C23H36O6S.C19H30O5S.C12H22O2.CH4.Na.H/c1-17-7-10-20(11-8-17)30(25,26)28-16-18(9-12-21(24)29-22(2,3)4)13-19-14-23(5,6)27-15-19;1-15-6-8-18(9-7-15)25(21,22)24-14-16(5-4-10-20)11-17-12-19(2,3)23-13-17;1-12(2)7-11(9-14-12)6-10-4-3-5-13-8-10;;;/h7-8,10-11,18-19H,9,12-16H2,1-6H3;6-9,16-17,20H,4-5,10-14H2,1-3H3;10-11H,3-9H2,1-2H3;1H4;;/q;;;;+1;-1/t18-,19-;16-,17-;10-,11-;;;/m111.../s1. The van der Waals surface area contributed by atoms with Crippen molar-refractivity contribution in [2.45, 2.75) is 193 Å². The van der Waals surface area contributed by atoms with E-state index in [2.05, 4.69) is 41.5 Å². The number of esters is 1. The third kappa shape index (κ3) is 25.3. The molecule has 0 radical (unpaired) electrons. The van der Waals surface area contributed by atoms with Gasteiger partial charge in [0.25, 0.3) is 20.2 Å². The van der Waals surface area contributed by atoms with E-state index in [9.17, 15) is 21.6 Å². The van der Waals surface area contributed by atoms with E-state index in [1.165, 1.54) is 25.7 Å². The van der Waals surface area contributed by atoms with Crippen LogP contribution in [0.2, 0.25) is 0 Å². The number of carbonyl (C=O) groups is 1. The van der Waals surface area contributed by atoms with Crippen molar-refractivity contribution in [1.29, 1.82) is 0 Å². The minimum Gasteiger partial charge on any atom is -1.00 e. The number of aliphatic hydroxyl groups excluding tert-OH is 1. The maximum atomic E-state index is 12.6. The van der Waals surface area contributed by atoms with Gasteiger partial charge in [0.15, 0.2) is 0 Å². The number of rotatable bonds is 20. The fourth-order valence-electron chi connectivity index (χ4n) is 9.88. The van der Waals surface area contributed by atoms with E-state index in [1.807, 2.05) is 34.6 Å². The summed E-state index contributed by atoms with van der Waals surface area (Å²) in [5, 5.41) is 9.11. The Morgan fingerprint density at radius 2 is 1.11 bits per heavy atom. The van der Waals surface area contributed by atoms with Crippen LogP contribution in [0.25, 0.3) is 0 Å². The molecule has 6 atom stereocenters. The van der Waals surface area contributed by atoms with Crippen LogP contribution in [0.1, 0.15) is 159 Å². The minimum atomic E-state index is -3.84. The van der Waals surface area contributed by atoms with Gasteiger partial charge in [-0.3, -0.25) is 13.2 Å². The minimum absolute atomic E-state index is 0. The molecule has 4 saturated heterocycles. The summed E-state index contributed by atoms with van der Waals surface area (Å²) in [5.74, 6) is 2.02. The molecule has 0 aliphatic carbocycles. The largest absolute Gasteiger partial charge is 1.00 e. The van der Waals surface area contributed by atoms with Gasteiger partial charge in [0, 0.05) is 26.2 Å². The van der Waals surface area contributed by atoms with Crippen molar-refractivity contribution in [3.8, 4) is 0 Å². The normalized spacial score (nSPS) is 23.4. The van der Waals surface area contributed by atoms with Crippen LogP contribution in [-0.2, 0) is 57.1 Å². The quantitative estimate of drug-likeness (QED) is 0.0764. The summed E-state index contributed by atoms with van der Waals surface area (Å²) in [6.45, 7) is 26.5. The zero-order valence-electron chi connectivity index (χ0n) is 45.9. The number of hydrogen-bond acceptors (Lipinski definition) is 13. The third-order valence-electron chi connectivity index (χ3n) is 13.2. The zero-order valence-corrected chi connectivity index (χ0v) is 48.5. The summed E-state index contributed by atoms with van der Waals surface area (Å²) in [4.78, 5) is 12.5. The molecule has 4 fully saturated rings. The first kappa shape index (κ1) is 65.6. The molecular formula is C55H93NaO13S2. The van der Waals surface area contributed by atoms with Crippen LogP contribution in [0.5, 0.6) is 0 Å². The van der Waals surface area contributed by atoms with Crippen LogP contribution in [0.4, 0.5) is 0 Å². The van der Waals surface area contributed by atoms with E-state index >= 15 is 0 Å². The molecular weight excluding hydrogens is 956 g/mol. The average Bonchev–Trinajstić information content (AvgIpc) is 3.92. The number of ether oxygens (including phenoxy) is 5. The summed E-state index contributed by atoms with van der Waals surface area (Å²) in [6.07, 6.45) is 10.7. The van der Waals surface area contributed by atoms with Gasteiger partial charge in [-0.05, 0) is 207 Å². The number of hydrogen-bond donors (Lipinski definition) is 1. The second-order valence-electron chi connectivity index (χ2n) is 23.0. The topological polar surface area (TPSA) is 170 Å². The second kappa shape index (κ2) is 29.7. The zero-order chi connectivity index (χ0) is 51.1. The fourth-order valence-corrected chi connectivity index (χ4v) is 11.8. The molecule has 0 unspecified atom stereocenters. The second-order valence-corrected chi connectivity index (χ2v) is 26.3. The molecule has 0 aromatic heterocycles. The smallest absolute Gasteiger partial charge is 1.00 e. The van der Waals surface area contributed by atoms with Gasteiger partial charge in [-0.2, -0.15) is 16.8 Å². The van der Waals surface area contributed by atoms with Crippen LogP contribution in [0.15, 0.2) is 58.3 Å². The Morgan fingerprint density at radius 3 is 1.48 bits per heavy atom. The molecule has 4 aliphatic rings. The molecule has 13 nitrogen and oxygen atoms in total. The SMILES string of the molecule is C.CC1(C)C[C@@H](C[C@H]2CCCOC2)CO1.Cc1ccc(S(=O)(=O)OC[C@H](CCC(=O)OC(C)(C)C)C[C@H]2COC(C)(C)C2)cc1.Cc1ccc(S(=O)(=O)OC[C@H](CCCO)C[C@H]2COC(C)(C)C2)cc1.[H-].[Na+]. The van der Waals surface area contributed by atoms with Crippen LogP contribution < -0.4 is 29.6 Å². The van der Waals surface area contributed by atoms with Gasteiger partial charge in [-0.15, -0.1) is 0 Å². The molecule has 0 amide bonds. The molecule has 0 bridgehead atoms. The number of carbonyl (C=O) groups excluding carboxylic acids is 1. The molecule has 16 heteroatoms. The van der Waals surface area contributed by atoms with Crippen molar-refractivity contribution < 1.29 is 89.8 Å². The Labute approximate surface area is 453 Å². The Kier molecular flexibility index (Phi) is 27.5. The van der Waals surface area contributed by atoms with Gasteiger partial charge in [0.05, 0.1) is 59.6 Å². The number of aliphatic hydroxyl groups is 1. The van der Waals surface area contributed by atoms with E-state index in [1.54, 1.807) is 48.5 Å². The van der Waals surface area contributed by atoms with E-state index in [0.717, 1.165) is 74.9 Å². The summed E-state index contributed by atoms with van der Waals surface area (Å²) in [7, 11) is -7.59. The van der Waals surface area contributed by atoms with E-state index < -0.39 is 25.8 Å². The Hall–Kier alpha value is -1.47. The van der Waals surface area contributed by atoms with Gasteiger partial charge >= 0.3 is 35.5 Å². The van der Waals surface area contributed by atoms with Gasteiger partial charge in [0.2, 0.25) is 0 Å². The molecule has 0 spiro atoms. The molecule has 6 rings (SSSR count). The molecule has 4 heterocycles. The molecule has 2 aromatic rings. The predicted octanol–water partition coefficient (Wildman–Crippen LogP) is 8.31. The third-order valence-corrected chi connectivity index (χ3v) is 15.8. The van der Waals surface area contributed by atoms with Gasteiger partial charge in [-0.1, -0.05) is 42.8 Å². The first-order valence-electron chi connectivity index (χ1n) is 25.4. The van der Waals surface area contributed by atoms with Gasteiger partial charge in [-0.25, -0.2) is 0 Å². The van der Waals surface area contributed by atoms with Crippen LogP contribution in [0, 0.1) is 49.4 Å². The van der Waals surface area contributed by atoms with E-state index in [0.29, 0.717) is 37.9 Å². The molecule has 404 valence electrons. The monoisotopic (exact) mass is 1050 g/mol. The van der Waals surface area contributed by atoms with Crippen molar-refractivity contribution in [3.05, 3.63) is 59.7 Å². The van der Waals surface area contributed by atoms with Crippen molar-refractivity contribution >= 4 is 26.2 Å². The molecule has 0 saturated carbocycles. The number of benzene rings is 2. The predicted molar refractivity (Wildman–Crippen MR) is 277 cm³/mol. The Bertz CT molecular complexity index is 2070. The first-order valence-corrected chi connectivity index (χ1v) is 28.2. The summed E-state index contributed by atoms with van der Waals surface area (Å²) < 4.78 is 88.8.